The first-order valence-corrected chi connectivity index (χ1v) is 19.1. The predicted octanol–water partition coefficient (Wildman–Crippen LogP) is 11.8. The van der Waals surface area contributed by atoms with Crippen LogP contribution in [0, 0.1) is 0 Å². The number of rotatable bonds is 31. The standard InChI is InChI=1S/C19H39NO2.C19H38O2/c1-3-5-7-9-11-14-18(15-12-10-8-6-4-2)22-19(21)16-13-17-20;1-4-7-9-11-13-16-18(21-19(20)15-6-3)17-14-12-10-8-5-2/h18H,3-17,20H2,1-2H3;18H,4-17H2,1-3H3. The van der Waals surface area contributed by atoms with Gasteiger partial charge in [0, 0.05) is 12.8 Å². The Morgan fingerprint density at radius 2 is 0.721 bits per heavy atom. The van der Waals surface area contributed by atoms with E-state index >= 15 is 0 Å². The monoisotopic (exact) mass is 612 g/mol. The first-order chi connectivity index (χ1) is 21.0. The van der Waals surface area contributed by atoms with E-state index < -0.39 is 0 Å². The quantitative estimate of drug-likeness (QED) is 0.0623. The van der Waals surface area contributed by atoms with Crippen LogP contribution in [0.2, 0.25) is 0 Å². The van der Waals surface area contributed by atoms with Gasteiger partial charge in [-0.3, -0.25) is 9.59 Å². The van der Waals surface area contributed by atoms with E-state index in [2.05, 4.69) is 27.7 Å². The van der Waals surface area contributed by atoms with Crippen molar-refractivity contribution in [2.24, 2.45) is 5.73 Å². The molecule has 0 aliphatic rings. The van der Waals surface area contributed by atoms with Crippen LogP contribution in [-0.4, -0.2) is 30.7 Å². The van der Waals surface area contributed by atoms with Crippen LogP contribution < -0.4 is 5.73 Å². The number of hydrogen-bond donors (Lipinski definition) is 1. The van der Waals surface area contributed by atoms with Gasteiger partial charge < -0.3 is 15.2 Å². The number of carbonyl (C=O) groups excluding carboxylic acids is 2. The van der Waals surface area contributed by atoms with Gasteiger partial charge in [0.15, 0.2) is 0 Å². The van der Waals surface area contributed by atoms with E-state index in [0.29, 0.717) is 19.4 Å². The summed E-state index contributed by atoms with van der Waals surface area (Å²) in [7, 11) is 0. The largest absolute Gasteiger partial charge is 0.462 e. The van der Waals surface area contributed by atoms with Gasteiger partial charge in [-0.1, -0.05) is 137 Å². The molecule has 5 nitrogen and oxygen atoms in total. The van der Waals surface area contributed by atoms with Crippen LogP contribution >= 0.6 is 0 Å². The SMILES string of the molecule is CCCCCCCC(CCCCCCC)OC(=O)CCC.CCCCCCCC(CCCCCCC)OC(=O)CCCN. The minimum atomic E-state index is -0.0578. The minimum Gasteiger partial charge on any atom is -0.462 e. The molecule has 0 heterocycles. The van der Waals surface area contributed by atoms with Crippen molar-refractivity contribution in [2.45, 2.75) is 227 Å². The van der Waals surface area contributed by atoms with Crippen molar-refractivity contribution < 1.29 is 19.1 Å². The first kappa shape index (κ1) is 44.0. The average molecular weight is 612 g/mol. The van der Waals surface area contributed by atoms with Gasteiger partial charge in [-0.2, -0.15) is 0 Å². The zero-order valence-electron chi connectivity index (χ0n) is 29.9. The third kappa shape index (κ3) is 35.3. The van der Waals surface area contributed by atoms with Gasteiger partial charge in [0.1, 0.15) is 12.2 Å². The molecular formula is C38H77NO4. The number of esters is 2. The Balaban J connectivity index is 0. The lowest BCUT2D eigenvalue weighted by Crippen LogP contribution is -2.19. The average Bonchev–Trinajstić information content (AvgIpc) is 2.99. The summed E-state index contributed by atoms with van der Waals surface area (Å²) in [5.41, 5.74) is 5.45. The molecule has 0 bridgehead atoms. The third-order valence-corrected chi connectivity index (χ3v) is 8.15. The Bertz CT molecular complexity index is 540. The molecule has 0 radical (unpaired) electrons. The van der Waals surface area contributed by atoms with E-state index in [-0.39, 0.29) is 24.1 Å². The molecule has 0 aromatic heterocycles. The summed E-state index contributed by atoms with van der Waals surface area (Å²) in [4.78, 5) is 23.5. The maximum atomic E-state index is 11.8. The first-order valence-electron chi connectivity index (χ1n) is 19.1. The fourth-order valence-corrected chi connectivity index (χ4v) is 5.37. The van der Waals surface area contributed by atoms with Gasteiger partial charge in [-0.25, -0.2) is 0 Å². The van der Waals surface area contributed by atoms with Gasteiger partial charge in [0.05, 0.1) is 0 Å². The Labute approximate surface area is 269 Å². The summed E-state index contributed by atoms with van der Waals surface area (Å²) in [5, 5.41) is 0. The van der Waals surface area contributed by atoms with Crippen molar-refractivity contribution in [1.29, 1.82) is 0 Å². The summed E-state index contributed by atoms with van der Waals surface area (Å²) in [6.07, 6.45) is 32.7. The minimum absolute atomic E-state index is 0.00427. The molecule has 0 saturated heterocycles. The van der Waals surface area contributed by atoms with Gasteiger partial charge in [-0.05, 0) is 70.8 Å². The number of hydrogen-bond acceptors (Lipinski definition) is 5. The number of carbonyl (C=O) groups is 2. The maximum absolute atomic E-state index is 11.8. The summed E-state index contributed by atoms with van der Waals surface area (Å²) in [6.45, 7) is 11.5. The molecule has 0 aromatic rings. The maximum Gasteiger partial charge on any atom is 0.306 e. The third-order valence-electron chi connectivity index (χ3n) is 8.15. The molecule has 0 saturated carbocycles. The Morgan fingerprint density at radius 1 is 0.419 bits per heavy atom. The topological polar surface area (TPSA) is 78.6 Å². The van der Waals surface area contributed by atoms with E-state index in [0.717, 1.165) is 38.5 Å². The number of unbranched alkanes of at least 4 members (excludes halogenated alkanes) is 16. The summed E-state index contributed by atoms with van der Waals surface area (Å²) in [6, 6.07) is 0. The normalized spacial score (nSPS) is 11.1. The second kappa shape index (κ2) is 37.1. The van der Waals surface area contributed by atoms with Crippen LogP contribution in [0.1, 0.15) is 214 Å². The van der Waals surface area contributed by atoms with E-state index in [1.165, 1.54) is 128 Å². The molecule has 0 aliphatic heterocycles. The molecule has 0 amide bonds. The Hall–Kier alpha value is -1.10. The second-order valence-electron chi connectivity index (χ2n) is 12.7. The van der Waals surface area contributed by atoms with Crippen molar-refractivity contribution >= 4 is 11.9 Å². The highest BCUT2D eigenvalue weighted by Gasteiger charge is 2.15. The van der Waals surface area contributed by atoms with Crippen LogP contribution in [0.4, 0.5) is 0 Å². The Morgan fingerprint density at radius 3 is 1.00 bits per heavy atom. The van der Waals surface area contributed by atoms with Crippen molar-refractivity contribution in [2.75, 3.05) is 6.54 Å². The fraction of sp³-hybridized carbons (Fsp3) is 0.947. The van der Waals surface area contributed by atoms with Crippen molar-refractivity contribution in [1.82, 2.24) is 0 Å². The van der Waals surface area contributed by atoms with Crippen LogP contribution in [0.15, 0.2) is 0 Å². The highest BCUT2D eigenvalue weighted by Crippen LogP contribution is 2.18. The highest BCUT2D eigenvalue weighted by atomic mass is 16.5. The molecule has 0 unspecified atom stereocenters. The molecule has 258 valence electrons. The molecule has 0 spiro atoms. The predicted molar refractivity (Wildman–Crippen MR) is 186 cm³/mol. The number of nitrogens with two attached hydrogens (primary N) is 1. The molecule has 0 aliphatic carbocycles. The summed E-state index contributed by atoms with van der Waals surface area (Å²) >= 11 is 0. The molecule has 0 rings (SSSR count). The molecule has 0 atom stereocenters. The van der Waals surface area contributed by atoms with Gasteiger partial charge in [0.2, 0.25) is 0 Å². The Kier molecular flexibility index (Phi) is 38.0. The van der Waals surface area contributed by atoms with Crippen LogP contribution in [0.25, 0.3) is 0 Å². The molecular weight excluding hydrogens is 534 g/mol. The van der Waals surface area contributed by atoms with Gasteiger partial charge in [0.25, 0.3) is 0 Å². The van der Waals surface area contributed by atoms with E-state index in [1.807, 2.05) is 6.92 Å². The zero-order valence-corrected chi connectivity index (χ0v) is 29.9. The van der Waals surface area contributed by atoms with E-state index in [1.54, 1.807) is 0 Å². The van der Waals surface area contributed by atoms with E-state index in [9.17, 15) is 9.59 Å². The summed E-state index contributed by atoms with van der Waals surface area (Å²) in [5.74, 6) is -0.0535. The van der Waals surface area contributed by atoms with Gasteiger partial charge in [-0.15, -0.1) is 0 Å². The van der Waals surface area contributed by atoms with Crippen molar-refractivity contribution in [3.63, 3.8) is 0 Å². The number of ether oxygens (including phenoxy) is 2. The highest BCUT2D eigenvalue weighted by molar-refractivity contribution is 5.69. The van der Waals surface area contributed by atoms with Crippen LogP contribution in [0.5, 0.6) is 0 Å². The smallest absolute Gasteiger partial charge is 0.306 e. The fourth-order valence-electron chi connectivity index (χ4n) is 5.37. The molecule has 0 fully saturated rings. The summed E-state index contributed by atoms with van der Waals surface area (Å²) < 4.78 is 11.3. The zero-order chi connectivity index (χ0) is 32.2. The molecule has 43 heavy (non-hydrogen) atoms. The lowest BCUT2D eigenvalue weighted by molar-refractivity contribution is -0.150. The molecule has 0 aromatic carbocycles. The van der Waals surface area contributed by atoms with Crippen molar-refractivity contribution in [3.05, 3.63) is 0 Å². The lowest BCUT2D eigenvalue weighted by atomic mass is 10.0. The second-order valence-corrected chi connectivity index (χ2v) is 12.7. The van der Waals surface area contributed by atoms with Crippen LogP contribution in [0.3, 0.4) is 0 Å². The van der Waals surface area contributed by atoms with Crippen LogP contribution in [-0.2, 0) is 19.1 Å². The lowest BCUT2D eigenvalue weighted by Gasteiger charge is -2.18. The van der Waals surface area contributed by atoms with E-state index in [4.69, 9.17) is 15.2 Å². The van der Waals surface area contributed by atoms with Gasteiger partial charge >= 0.3 is 11.9 Å². The van der Waals surface area contributed by atoms with Crippen molar-refractivity contribution in [3.8, 4) is 0 Å². The molecule has 2 N–H and O–H groups in total. The molecule has 5 heteroatoms.